The van der Waals surface area contributed by atoms with Crippen LogP contribution in [-0.4, -0.2) is 31.6 Å². The quantitative estimate of drug-likeness (QED) is 0.560. The van der Waals surface area contributed by atoms with Crippen LogP contribution in [0.5, 0.6) is 0 Å². The molecule has 0 spiro atoms. The maximum atomic E-state index is 12.7. The van der Waals surface area contributed by atoms with Crippen LogP contribution in [0, 0.1) is 0 Å². The zero-order valence-electron chi connectivity index (χ0n) is 15.1. The van der Waals surface area contributed by atoms with E-state index in [9.17, 15) is 4.79 Å². The van der Waals surface area contributed by atoms with E-state index >= 15 is 0 Å². The van der Waals surface area contributed by atoms with Gasteiger partial charge in [-0.3, -0.25) is 14.8 Å². The Balaban J connectivity index is 1.41. The van der Waals surface area contributed by atoms with Gasteiger partial charge in [-0.2, -0.15) is 5.10 Å². The number of fused-ring (bicyclic) bond motifs is 2. The van der Waals surface area contributed by atoms with Crippen molar-refractivity contribution in [1.82, 2.24) is 25.1 Å². The number of benzene rings is 2. The molecule has 0 saturated heterocycles. The largest absolute Gasteiger partial charge is 0.306 e. The SMILES string of the molecule is O=c1[nH]c(-c2ccc(Cl)cc2)nc2c1CN(Cc1[nH]nc3ccccc13)CC2. The van der Waals surface area contributed by atoms with Crippen LogP contribution in [0.2, 0.25) is 5.02 Å². The summed E-state index contributed by atoms with van der Waals surface area (Å²) in [5, 5.41) is 9.27. The molecule has 140 valence electrons. The van der Waals surface area contributed by atoms with Gasteiger partial charge in [-0.1, -0.05) is 29.8 Å². The molecular formula is C21H18ClN5O. The predicted octanol–water partition coefficient (Wildman–Crippen LogP) is 3.52. The van der Waals surface area contributed by atoms with Crippen LogP contribution >= 0.6 is 11.6 Å². The third kappa shape index (κ3) is 3.10. The first-order chi connectivity index (χ1) is 13.7. The second-order valence-corrected chi connectivity index (χ2v) is 7.46. The van der Waals surface area contributed by atoms with Crippen molar-refractivity contribution in [3.63, 3.8) is 0 Å². The van der Waals surface area contributed by atoms with Gasteiger partial charge in [0.15, 0.2) is 0 Å². The van der Waals surface area contributed by atoms with Crippen LogP contribution < -0.4 is 5.56 Å². The van der Waals surface area contributed by atoms with Gasteiger partial charge in [-0.05, 0) is 30.3 Å². The van der Waals surface area contributed by atoms with Gasteiger partial charge < -0.3 is 4.98 Å². The summed E-state index contributed by atoms with van der Waals surface area (Å²) in [4.78, 5) is 22.6. The smallest absolute Gasteiger partial charge is 0.255 e. The molecule has 2 aromatic heterocycles. The number of H-pyrrole nitrogens is 2. The minimum absolute atomic E-state index is 0.0749. The normalized spacial score (nSPS) is 14.3. The van der Waals surface area contributed by atoms with E-state index < -0.39 is 0 Å². The molecule has 4 aromatic rings. The van der Waals surface area contributed by atoms with E-state index in [1.54, 1.807) is 12.1 Å². The van der Waals surface area contributed by atoms with Gasteiger partial charge in [0, 0.05) is 42.0 Å². The zero-order chi connectivity index (χ0) is 19.1. The first-order valence-electron chi connectivity index (χ1n) is 9.20. The van der Waals surface area contributed by atoms with Crippen LogP contribution in [-0.2, 0) is 19.5 Å². The predicted molar refractivity (Wildman–Crippen MR) is 109 cm³/mol. The van der Waals surface area contributed by atoms with Crippen LogP contribution in [0.4, 0.5) is 0 Å². The van der Waals surface area contributed by atoms with Crippen molar-refractivity contribution in [2.75, 3.05) is 6.54 Å². The zero-order valence-corrected chi connectivity index (χ0v) is 15.8. The first kappa shape index (κ1) is 17.2. The average molecular weight is 392 g/mol. The summed E-state index contributed by atoms with van der Waals surface area (Å²) in [7, 11) is 0. The number of hydrogen-bond donors (Lipinski definition) is 2. The molecule has 0 amide bonds. The summed E-state index contributed by atoms with van der Waals surface area (Å²) in [5.74, 6) is 0.591. The lowest BCUT2D eigenvalue weighted by molar-refractivity contribution is 0.240. The van der Waals surface area contributed by atoms with Gasteiger partial charge >= 0.3 is 0 Å². The second kappa shape index (κ2) is 6.89. The number of nitrogens with one attached hydrogen (secondary N) is 2. The van der Waals surface area contributed by atoms with Crippen LogP contribution in [0.1, 0.15) is 17.0 Å². The fourth-order valence-electron chi connectivity index (χ4n) is 3.72. The molecule has 0 bridgehead atoms. The monoisotopic (exact) mass is 391 g/mol. The van der Waals surface area contributed by atoms with Crippen molar-refractivity contribution < 1.29 is 0 Å². The Morgan fingerprint density at radius 3 is 2.79 bits per heavy atom. The van der Waals surface area contributed by atoms with E-state index in [1.165, 1.54) is 0 Å². The molecule has 0 fully saturated rings. The number of para-hydroxylation sites is 1. The van der Waals surface area contributed by atoms with E-state index in [4.69, 9.17) is 16.6 Å². The van der Waals surface area contributed by atoms with Gasteiger partial charge in [0.1, 0.15) is 5.82 Å². The summed E-state index contributed by atoms with van der Waals surface area (Å²) in [6.45, 7) is 2.14. The van der Waals surface area contributed by atoms with Crippen molar-refractivity contribution in [1.29, 1.82) is 0 Å². The molecule has 1 aliphatic rings. The van der Waals surface area contributed by atoms with Gasteiger partial charge in [0.05, 0.1) is 22.5 Å². The van der Waals surface area contributed by atoms with E-state index in [0.717, 1.165) is 52.9 Å². The van der Waals surface area contributed by atoms with Crippen LogP contribution in [0.25, 0.3) is 22.3 Å². The van der Waals surface area contributed by atoms with E-state index in [2.05, 4.69) is 26.1 Å². The second-order valence-electron chi connectivity index (χ2n) is 7.03. The summed E-state index contributed by atoms with van der Waals surface area (Å²) in [5.41, 5.74) is 4.43. The molecule has 0 aliphatic carbocycles. The molecule has 3 heterocycles. The maximum Gasteiger partial charge on any atom is 0.255 e. The summed E-state index contributed by atoms with van der Waals surface area (Å²) in [6, 6.07) is 15.4. The van der Waals surface area contributed by atoms with Crippen LogP contribution in [0.15, 0.2) is 53.3 Å². The third-order valence-electron chi connectivity index (χ3n) is 5.19. The molecule has 6 nitrogen and oxygen atoms in total. The highest BCUT2D eigenvalue weighted by molar-refractivity contribution is 6.30. The molecule has 0 unspecified atom stereocenters. The Kier molecular flexibility index (Phi) is 4.22. The highest BCUT2D eigenvalue weighted by atomic mass is 35.5. The van der Waals surface area contributed by atoms with Gasteiger partial charge in [-0.25, -0.2) is 4.98 Å². The minimum Gasteiger partial charge on any atom is -0.306 e. The molecule has 2 aromatic carbocycles. The molecule has 0 radical (unpaired) electrons. The summed E-state index contributed by atoms with van der Waals surface area (Å²) < 4.78 is 0. The van der Waals surface area contributed by atoms with Crippen molar-refractivity contribution in [3.8, 4) is 11.4 Å². The highest BCUT2D eigenvalue weighted by Crippen LogP contribution is 2.23. The van der Waals surface area contributed by atoms with E-state index in [1.807, 2.05) is 30.3 Å². The fraction of sp³-hybridized carbons (Fsp3) is 0.190. The van der Waals surface area contributed by atoms with Gasteiger partial charge in [0.2, 0.25) is 0 Å². The molecular weight excluding hydrogens is 374 g/mol. The lowest BCUT2D eigenvalue weighted by atomic mass is 10.1. The summed E-state index contributed by atoms with van der Waals surface area (Å²) in [6.07, 6.45) is 0.742. The molecule has 7 heteroatoms. The Morgan fingerprint density at radius 2 is 1.93 bits per heavy atom. The number of halogens is 1. The Bertz CT molecular complexity index is 1210. The first-order valence-corrected chi connectivity index (χ1v) is 9.57. The van der Waals surface area contributed by atoms with Crippen molar-refractivity contribution in [3.05, 3.63) is 80.9 Å². The lowest BCUT2D eigenvalue weighted by Crippen LogP contribution is -2.35. The van der Waals surface area contributed by atoms with Gasteiger partial charge in [0.25, 0.3) is 5.56 Å². The third-order valence-corrected chi connectivity index (χ3v) is 5.44. The molecule has 2 N–H and O–H groups in total. The highest BCUT2D eigenvalue weighted by Gasteiger charge is 2.22. The van der Waals surface area contributed by atoms with Crippen molar-refractivity contribution in [2.24, 2.45) is 0 Å². The topological polar surface area (TPSA) is 77.7 Å². The summed E-state index contributed by atoms with van der Waals surface area (Å²) >= 11 is 5.95. The Hall–Kier alpha value is -2.96. The number of aromatic amines is 2. The van der Waals surface area contributed by atoms with Gasteiger partial charge in [-0.15, -0.1) is 0 Å². The maximum absolute atomic E-state index is 12.7. The average Bonchev–Trinajstić information content (AvgIpc) is 3.12. The number of nitrogens with zero attached hydrogens (tertiary/aromatic N) is 3. The molecule has 0 atom stereocenters. The minimum atomic E-state index is -0.0749. The Morgan fingerprint density at radius 1 is 1.11 bits per heavy atom. The Labute approximate surface area is 166 Å². The van der Waals surface area contributed by atoms with Crippen molar-refractivity contribution >= 4 is 22.5 Å². The van der Waals surface area contributed by atoms with E-state index in [0.29, 0.717) is 17.4 Å². The fourth-order valence-corrected chi connectivity index (χ4v) is 3.84. The lowest BCUT2D eigenvalue weighted by Gasteiger charge is -2.27. The molecule has 0 saturated carbocycles. The van der Waals surface area contributed by atoms with Crippen LogP contribution in [0.3, 0.4) is 0 Å². The molecule has 5 rings (SSSR count). The number of hydrogen-bond acceptors (Lipinski definition) is 4. The number of rotatable bonds is 3. The van der Waals surface area contributed by atoms with E-state index in [-0.39, 0.29) is 5.56 Å². The number of aromatic nitrogens is 4. The van der Waals surface area contributed by atoms with Crippen molar-refractivity contribution in [2.45, 2.75) is 19.5 Å². The standard InChI is InChI=1S/C21H18ClN5O/c22-14-7-5-13(6-8-14)20-23-17-9-10-27(11-16(17)21(28)24-20)12-19-15-3-1-2-4-18(15)25-26-19/h1-8H,9-12H2,(H,25,26)(H,23,24,28). The molecule has 28 heavy (non-hydrogen) atoms. The molecule has 1 aliphatic heterocycles.